The van der Waals surface area contributed by atoms with E-state index in [1.807, 2.05) is 41.3 Å². The van der Waals surface area contributed by atoms with E-state index in [0.29, 0.717) is 12.5 Å². The number of carbonyl (C=O) groups is 2. The zero-order valence-corrected chi connectivity index (χ0v) is 15.6. The SMILES string of the molecule is CCCCOC(=O)C1CC2CCCCC2N1C(=O)C=Cc1ccccc1. The van der Waals surface area contributed by atoms with Crippen LogP contribution in [0.5, 0.6) is 0 Å². The number of hydrogen-bond acceptors (Lipinski definition) is 3. The molecule has 0 bridgehead atoms. The van der Waals surface area contributed by atoms with Crippen LogP contribution in [0, 0.1) is 5.92 Å². The van der Waals surface area contributed by atoms with Crippen molar-refractivity contribution >= 4 is 18.0 Å². The van der Waals surface area contributed by atoms with E-state index >= 15 is 0 Å². The summed E-state index contributed by atoms with van der Waals surface area (Å²) in [6.07, 6.45) is 10.5. The van der Waals surface area contributed by atoms with Gasteiger partial charge in [-0.2, -0.15) is 0 Å². The molecule has 1 aromatic rings. The molecule has 1 aliphatic heterocycles. The van der Waals surface area contributed by atoms with Gasteiger partial charge in [0.1, 0.15) is 6.04 Å². The lowest BCUT2D eigenvalue weighted by molar-refractivity contribution is -0.153. The summed E-state index contributed by atoms with van der Waals surface area (Å²) in [6, 6.07) is 9.54. The van der Waals surface area contributed by atoms with Gasteiger partial charge in [0.2, 0.25) is 5.91 Å². The Morgan fingerprint density at radius 3 is 2.73 bits per heavy atom. The predicted molar refractivity (Wildman–Crippen MR) is 102 cm³/mol. The van der Waals surface area contributed by atoms with Crippen LogP contribution >= 0.6 is 0 Å². The topological polar surface area (TPSA) is 46.6 Å². The van der Waals surface area contributed by atoms with Crippen molar-refractivity contribution in [3.63, 3.8) is 0 Å². The fourth-order valence-corrected chi connectivity index (χ4v) is 4.22. The smallest absolute Gasteiger partial charge is 0.328 e. The Hall–Kier alpha value is -2.10. The van der Waals surface area contributed by atoms with Crippen LogP contribution in [0.4, 0.5) is 0 Å². The van der Waals surface area contributed by atoms with Gasteiger partial charge in [0, 0.05) is 12.1 Å². The van der Waals surface area contributed by atoms with Gasteiger partial charge in [-0.3, -0.25) is 4.79 Å². The summed E-state index contributed by atoms with van der Waals surface area (Å²) < 4.78 is 5.46. The third kappa shape index (κ3) is 4.35. The van der Waals surface area contributed by atoms with Crippen molar-refractivity contribution in [3.05, 3.63) is 42.0 Å². The predicted octanol–water partition coefficient (Wildman–Crippen LogP) is 4.20. The maximum Gasteiger partial charge on any atom is 0.328 e. The molecule has 1 aliphatic carbocycles. The van der Waals surface area contributed by atoms with Crippen molar-refractivity contribution in [2.75, 3.05) is 6.61 Å². The molecule has 3 atom stereocenters. The van der Waals surface area contributed by atoms with Crippen molar-refractivity contribution in [1.82, 2.24) is 4.90 Å². The van der Waals surface area contributed by atoms with Gasteiger partial charge in [-0.05, 0) is 43.2 Å². The monoisotopic (exact) mass is 355 g/mol. The lowest BCUT2D eigenvalue weighted by atomic mass is 9.85. The van der Waals surface area contributed by atoms with E-state index in [1.54, 1.807) is 6.08 Å². The number of fused-ring (bicyclic) bond motifs is 1. The molecule has 3 unspecified atom stereocenters. The van der Waals surface area contributed by atoms with Crippen LogP contribution in [0.25, 0.3) is 6.08 Å². The number of unbranched alkanes of at least 4 members (excludes halogenated alkanes) is 1. The van der Waals surface area contributed by atoms with E-state index in [9.17, 15) is 9.59 Å². The van der Waals surface area contributed by atoms with E-state index in [2.05, 4.69) is 6.92 Å². The summed E-state index contributed by atoms with van der Waals surface area (Å²) in [5, 5.41) is 0. The molecule has 3 rings (SSSR count). The van der Waals surface area contributed by atoms with Crippen LogP contribution in [0.15, 0.2) is 36.4 Å². The molecule has 1 heterocycles. The second-order valence-electron chi connectivity index (χ2n) is 7.37. The van der Waals surface area contributed by atoms with Crippen molar-refractivity contribution in [1.29, 1.82) is 0 Å². The summed E-state index contributed by atoms with van der Waals surface area (Å²) in [7, 11) is 0. The largest absolute Gasteiger partial charge is 0.464 e. The highest BCUT2D eigenvalue weighted by Crippen LogP contribution is 2.40. The lowest BCUT2D eigenvalue weighted by Crippen LogP contribution is -2.46. The van der Waals surface area contributed by atoms with E-state index in [4.69, 9.17) is 4.74 Å². The van der Waals surface area contributed by atoms with Crippen LogP contribution in [0.3, 0.4) is 0 Å². The standard InChI is InChI=1S/C22H29NO3/c1-2-3-15-26-22(25)20-16-18-11-7-8-12-19(18)23(20)21(24)14-13-17-9-5-4-6-10-17/h4-6,9-10,13-14,18-20H,2-3,7-8,11-12,15-16H2,1H3. The number of ether oxygens (including phenoxy) is 1. The second kappa shape index (κ2) is 9.02. The average molecular weight is 355 g/mol. The van der Waals surface area contributed by atoms with E-state index < -0.39 is 6.04 Å². The zero-order chi connectivity index (χ0) is 18.4. The van der Waals surface area contributed by atoms with Crippen LogP contribution in [-0.4, -0.2) is 35.5 Å². The number of hydrogen-bond donors (Lipinski definition) is 0. The molecule has 140 valence electrons. The quantitative estimate of drug-likeness (QED) is 0.436. The maximum absolute atomic E-state index is 12.9. The van der Waals surface area contributed by atoms with Gasteiger partial charge < -0.3 is 9.64 Å². The van der Waals surface area contributed by atoms with Gasteiger partial charge in [-0.15, -0.1) is 0 Å². The van der Waals surface area contributed by atoms with Gasteiger partial charge >= 0.3 is 5.97 Å². The Labute approximate surface area is 156 Å². The molecule has 0 N–H and O–H groups in total. The van der Waals surface area contributed by atoms with Gasteiger partial charge in [0.05, 0.1) is 6.61 Å². The minimum absolute atomic E-state index is 0.0688. The first-order valence-electron chi connectivity index (χ1n) is 9.92. The molecule has 1 amide bonds. The maximum atomic E-state index is 12.9. The Bertz CT molecular complexity index is 640. The molecular weight excluding hydrogens is 326 g/mol. The normalized spacial score (nSPS) is 25.3. The molecule has 0 radical (unpaired) electrons. The van der Waals surface area contributed by atoms with Gasteiger partial charge in [0.25, 0.3) is 0 Å². The summed E-state index contributed by atoms with van der Waals surface area (Å²) in [4.78, 5) is 27.4. The molecule has 0 aromatic heterocycles. The van der Waals surface area contributed by atoms with Crippen LogP contribution in [0.1, 0.15) is 57.4 Å². The van der Waals surface area contributed by atoms with E-state index in [0.717, 1.165) is 44.1 Å². The lowest BCUT2D eigenvalue weighted by Gasteiger charge is -2.32. The Morgan fingerprint density at radius 1 is 1.19 bits per heavy atom. The number of nitrogens with zero attached hydrogens (tertiary/aromatic N) is 1. The highest BCUT2D eigenvalue weighted by atomic mass is 16.5. The molecule has 26 heavy (non-hydrogen) atoms. The Morgan fingerprint density at radius 2 is 1.96 bits per heavy atom. The average Bonchev–Trinajstić information content (AvgIpc) is 3.07. The van der Waals surface area contributed by atoms with Crippen molar-refractivity contribution in [2.45, 2.75) is 64.0 Å². The molecule has 4 nitrogen and oxygen atoms in total. The summed E-state index contributed by atoms with van der Waals surface area (Å²) >= 11 is 0. The number of carbonyl (C=O) groups excluding carboxylic acids is 2. The molecule has 2 aliphatic rings. The minimum Gasteiger partial charge on any atom is -0.464 e. The first-order valence-corrected chi connectivity index (χ1v) is 9.92. The molecule has 1 saturated heterocycles. The minimum atomic E-state index is -0.423. The van der Waals surface area contributed by atoms with Crippen LogP contribution in [0.2, 0.25) is 0 Å². The van der Waals surface area contributed by atoms with Gasteiger partial charge in [-0.25, -0.2) is 4.79 Å². The Kier molecular flexibility index (Phi) is 6.48. The fraction of sp³-hybridized carbons (Fsp3) is 0.545. The molecule has 1 saturated carbocycles. The van der Waals surface area contributed by atoms with Crippen molar-refractivity contribution < 1.29 is 14.3 Å². The third-order valence-corrected chi connectivity index (χ3v) is 5.57. The van der Waals surface area contributed by atoms with Crippen molar-refractivity contribution in [3.8, 4) is 0 Å². The van der Waals surface area contributed by atoms with Gasteiger partial charge in [-0.1, -0.05) is 56.5 Å². The highest BCUT2D eigenvalue weighted by Gasteiger charge is 2.47. The summed E-state index contributed by atoms with van der Waals surface area (Å²) in [5.74, 6) is 0.136. The van der Waals surface area contributed by atoms with E-state index in [1.165, 1.54) is 6.42 Å². The first-order chi connectivity index (χ1) is 12.7. The highest BCUT2D eigenvalue weighted by molar-refractivity contribution is 5.95. The van der Waals surface area contributed by atoms with E-state index in [-0.39, 0.29) is 17.9 Å². The first kappa shape index (κ1) is 18.7. The molecule has 0 spiro atoms. The molecule has 2 fully saturated rings. The van der Waals surface area contributed by atoms with Gasteiger partial charge in [0.15, 0.2) is 0 Å². The zero-order valence-electron chi connectivity index (χ0n) is 15.6. The molecular formula is C22H29NO3. The number of amides is 1. The van der Waals surface area contributed by atoms with Crippen molar-refractivity contribution in [2.24, 2.45) is 5.92 Å². The molecule has 1 aromatic carbocycles. The number of likely N-dealkylation sites (tertiary alicyclic amines) is 1. The third-order valence-electron chi connectivity index (χ3n) is 5.57. The summed E-state index contributed by atoms with van der Waals surface area (Å²) in [6.45, 7) is 2.52. The second-order valence-corrected chi connectivity index (χ2v) is 7.37. The number of esters is 1. The molecule has 4 heteroatoms. The number of rotatable bonds is 6. The fourth-order valence-electron chi connectivity index (χ4n) is 4.22. The van der Waals surface area contributed by atoms with Crippen LogP contribution < -0.4 is 0 Å². The summed E-state index contributed by atoms with van der Waals surface area (Å²) in [5.41, 5.74) is 0.988. The number of benzene rings is 1. The Balaban J connectivity index is 1.73. The van der Waals surface area contributed by atoms with Crippen LogP contribution in [-0.2, 0) is 14.3 Å².